The van der Waals surface area contributed by atoms with Crippen LogP contribution in [-0.4, -0.2) is 57.4 Å². The highest BCUT2D eigenvalue weighted by Crippen LogP contribution is 2.40. The van der Waals surface area contributed by atoms with E-state index in [1.807, 2.05) is 30.3 Å². The molecule has 9 nitrogen and oxygen atoms in total. The number of nitrogens with one attached hydrogen (secondary N) is 2. The first kappa shape index (κ1) is 32.8. The van der Waals surface area contributed by atoms with Crippen molar-refractivity contribution in [1.29, 1.82) is 0 Å². The van der Waals surface area contributed by atoms with Crippen molar-refractivity contribution >= 4 is 33.3 Å². The van der Waals surface area contributed by atoms with Crippen molar-refractivity contribution in [2.45, 2.75) is 45.3 Å². The topological polar surface area (TPSA) is 125 Å². The van der Waals surface area contributed by atoms with Crippen LogP contribution in [0.25, 0.3) is 0 Å². The Morgan fingerprint density at radius 2 is 1.73 bits per heavy atom. The van der Waals surface area contributed by atoms with Gasteiger partial charge in [-0.2, -0.15) is 13.2 Å². The second-order valence-electron chi connectivity index (χ2n) is 10.9. The molecule has 1 amide bonds. The molecule has 1 aliphatic rings. The van der Waals surface area contributed by atoms with Gasteiger partial charge in [-0.1, -0.05) is 30.3 Å². The molecule has 1 heterocycles. The fraction of sp³-hybridized carbons (Fsp3) is 0.355. The van der Waals surface area contributed by atoms with Gasteiger partial charge in [0, 0.05) is 36.8 Å². The van der Waals surface area contributed by atoms with Crippen molar-refractivity contribution in [3.63, 3.8) is 0 Å². The molecule has 0 radical (unpaired) electrons. The number of carboxylic acids is 1. The van der Waals surface area contributed by atoms with Gasteiger partial charge in [-0.05, 0) is 66.8 Å². The third kappa shape index (κ3) is 8.50. The Bertz CT molecular complexity index is 1620. The lowest BCUT2D eigenvalue weighted by molar-refractivity contribution is -0.137. The van der Waals surface area contributed by atoms with Crippen LogP contribution < -0.4 is 19.7 Å². The minimum Gasteiger partial charge on any atom is -0.493 e. The van der Waals surface area contributed by atoms with E-state index < -0.39 is 51.8 Å². The second kappa shape index (κ2) is 13.3. The number of aryl methyl sites for hydroxylation is 2. The summed E-state index contributed by atoms with van der Waals surface area (Å²) in [6.07, 6.45) is -3.51. The first-order chi connectivity index (χ1) is 20.6. The van der Waals surface area contributed by atoms with E-state index >= 15 is 0 Å². The molecule has 0 aliphatic carbocycles. The molecule has 0 spiro atoms. The number of nitrogens with zero attached hydrogens (tertiary/aromatic N) is 1. The lowest BCUT2D eigenvalue weighted by Gasteiger charge is -2.25. The number of halogens is 3. The van der Waals surface area contributed by atoms with Gasteiger partial charge in [0.05, 0.1) is 30.5 Å². The summed E-state index contributed by atoms with van der Waals surface area (Å²) in [6, 6.07) is 14.3. The van der Waals surface area contributed by atoms with E-state index in [0.717, 1.165) is 24.0 Å². The summed E-state index contributed by atoms with van der Waals surface area (Å²) in [5.41, 5.74) is 0.605. The van der Waals surface area contributed by atoms with E-state index in [-0.39, 0.29) is 29.9 Å². The fourth-order valence-corrected chi connectivity index (χ4v) is 6.23. The Kier molecular flexibility index (Phi) is 9.89. The Balaban J connectivity index is 1.60. The van der Waals surface area contributed by atoms with E-state index in [0.29, 0.717) is 36.3 Å². The maximum Gasteiger partial charge on any atom is 0.418 e. The number of rotatable bonds is 11. The molecular formula is C31H34F3N3O6S. The monoisotopic (exact) mass is 633 g/mol. The molecule has 1 fully saturated rings. The van der Waals surface area contributed by atoms with Gasteiger partial charge >= 0.3 is 12.1 Å². The Labute approximate surface area is 254 Å². The van der Waals surface area contributed by atoms with Crippen LogP contribution in [-0.2, 0) is 33.8 Å². The summed E-state index contributed by atoms with van der Waals surface area (Å²) in [4.78, 5) is 26.6. The molecule has 13 heteroatoms. The number of carboxylic acid groups (broad SMARTS) is 1. The summed E-state index contributed by atoms with van der Waals surface area (Å²) in [7, 11) is -3.55. The number of sulfonamides is 1. The number of carbonyl (C=O) groups is 2. The summed E-state index contributed by atoms with van der Waals surface area (Å²) in [6.45, 7) is 3.97. The summed E-state index contributed by atoms with van der Waals surface area (Å²) in [5, 5.41) is 11.9. The third-order valence-corrected chi connectivity index (χ3v) is 8.02. The van der Waals surface area contributed by atoms with E-state index in [1.54, 1.807) is 26.0 Å². The van der Waals surface area contributed by atoms with Crippen molar-refractivity contribution in [1.82, 2.24) is 4.72 Å². The number of aliphatic carboxylic acids is 1. The summed E-state index contributed by atoms with van der Waals surface area (Å²) in [5.74, 6) is -1.54. The standard InChI is InChI=1S/C31H34F3N3O6S/c1-19-13-24(43-12-10-21-7-5-4-6-8-21)14-20(2)29(19)30(40)35-26-15-22(16-28(38)39)27(17-25(26)31(32,33)34)37-11-9-23(18-37)36-44(3,41)42/h4-8,13-15,17,23,36H,9-12,16,18H2,1-3H3,(H,35,40)(H,38,39)/t23-/m1/s1. The maximum absolute atomic E-state index is 14.3. The van der Waals surface area contributed by atoms with Crippen LogP contribution in [0.1, 0.15) is 44.6 Å². The molecule has 0 unspecified atom stereocenters. The van der Waals surface area contributed by atoms with Gasteiger partial charge in [0.1, 0.15) is 5.75 Å². The average Bonchev–Trinajstić information content (AvgIpc) is 3.34. The molecule has 3 N–H and O–H groups in total. The molecule has 1 atom stereocenters. The van der Waals surface area contributed by atoms with Crippen molar-refractivity contribution in [2.24, 2.45) is 0 Å². The average molecular weight is 634 g/mol. The first-order valence-corrected chi connectivity index (χ1v) is 15.8. The summed E-state index contributed by atoms with van der Waals surface area (Å²) >= 11 is 0. The molecular weight excluding hydrogens is 599 g/mol. The molecule has 44 heavy (non-hydrogen) atoms. The number of amides is 1. The zero-order valence-corrected chi connectivity index (χ0v) is 25.3. The van der Waals surface area contributed by atoms with E-state index in [4.69, 9.17) is 4.74 Å². The van der Waals surface area contributed by atoms with Crippen LogP contribution in [0.3, 0.4) is 0 Å². The van der Waals surface area contributed by atoms with E-state index in [9.17, 15) is 36.3 Å². The second-order valence-corrected chi connectivity index (χ2v) is 12.7. The van der Waals surface area contributed by atoms with Gasteiger partial charge < -0.3 is 20.1 Å². The highest BCUT2D eigenvalue weighted by Gasteiger charge is 2.37. The predicted molar refractivity (Wildman–Crippen MR) is 161 cm³/mol. The van der Waals surface area contributed by atoms with Crippen LogP contribution in [0.5, 0.6) is 5.75 Å². The lowest BCUT2D eigenvalue weighted by Crippen LogP contribution is -2.36. The number of anilines is 2. The Morgan fingerprint density at radius 1 is 1.07 bits per heavy atom. The molecule has 0 aromatic heterocycles. The molecule has 1 saturated heterocycles. The molecule has 3 aromatic carbocycles. The molecule has 3 aromatic rings. The van der Waals surface area contributed by atoms with Gasteiger partial charge in [-0.3, -0.25) is 9.59 Å². The smallest absolute Gasteiger partial charge is 0.418 e. The fourth-order valence-electron chi connectivity index (χ4n) is 5.43. The van der Waals surface area contributed by atoms with Gasteiger partial charge in [0.25, 0.3) is 5.91 Å². The van der Waals surface area contributed by atoms with Gasteiger partial charge in [-0.15, -0.1) is 0 Å². The molecule has 1 aliphatic heterocycles. The first-order valence-electron chi connectivity index (χ1n) is 13.9. The number of hydrogen-bond acceptors (Lipinski definition) is 6. The van der Waals surface area contributed by atoms with Crippen LogP contribution >= 0.6 is 0 Å². The molecule has 236 valence electrons. The van der Waals surface area contributed by atoms with Crippen molar-refractivity contribution < 1.29 is 41.0 Å². The summed E-state index contributed by atoms with van der Waals surface area (Å²) < 4.78 is 74.6. The zero-order chi connectivity index (χ0) is 32.2. The number of alkyl halides is 3. The highest BCUT2D eigenvalue weighted by molar-refractivity contribution is 7.88. The Morgan fingerprint density at radius 3 is 2.32 bits per heavy atom. The zero-order valence-electron chi connectivity index (χ0n) is 24.5. The van der Waals surface area contributed by atoms with E-state index in [1.165, 1.54) is 4.90 Å². The maximum atomic E-state index is 14.3. The quantitative estimate of drug-likeness (QED) is 0.273. The third-order valence-electron chi connectivity index (χ3n) is 7.26. The van der Waals surface area contributed by atoms with Gasteiger partial charge in [0.15, 0.2) is 0 Å². The van der Waals surface area contributed by atoms with E-state index in [2.05, 4.69) is 10.0 Å². The minimum absolute atomic E-state index is 0.0138. The number of hydrogen-bond donors (Lipinski definition) is 3. The minimum atomic E-state index is -4.89. The largest absolute Gasteiger partial charge is 0.493 e. The van der Waals surface area contributed by atoms with Gasteiger partial charge in [0.2, 0.25) is 10.0 Å². The number of ether oxygens (including phenoxy) is 1. The molecule has 0 saturated carbocycles. The highest BCUT2D eigenvalue weighted by atomic mass is 32.2. The van der Waals surface area contributed by atoms with Crippen molar-refractivity contribution in [2.75, 3.05) is 36.2 Å². The molecule has 0 bridgehead atoms. The number of carbonyl (C=O) groups excluding carboxylic acids is 1. The van der Waals surface area contributed by atoms with Crippen LogP contribution in [0.15, 0.2) is 54.6 Å². The predicted octanol–water partition coefficient (Wildman–Crippen LogP) is 4.95. The lowest BCUT2D eigenvalue weighted by atomic mass is 9.99. The number of benzene rings is 3. The molecule has 4 rings (SSSR count). The van der Waals surface area contributed by atoms with Crippen LogP contribution in [0.4, 0.5) is 24.5 Å². The van der Waals surface area contributed by atoms with Crippen LogP contribution in [0.2, 0.25) is 0 Å². The van der Waals surface area contributed by atoms with Gasteiger partial charge in [-0.25, -0.2) is 13.1 Å². The normalized spacial score (nSPS) is 15.3. The van der Waals surface area contributed by atoms with Crippen molar-refractivity contribution in [3.05, 3.63) is 88.0 Å². The SMILES string of the molecule is Cc1cc(OCCc2ccccc2)cc(C)c1C(=O)Nc1cc(CC(=O)O)c(N2CC[C@@H](NS(C)(=O)=O)C2)cc1C(F)(F)F. The van der Waals surface area contributed by atoms with Crippen molar-refractivity contribution in [3.8, 4) is 5.75 Å². The van der Waals surface area contributed by atoms with Crippen LogP contribution in [0, 0.1) is 13.8 Å². The Hall–Kier alpha value is -4.10.